The van der Waals surface area contributed by atoms with Crippen LogP contribution in [0.15, 0.2) is 47.5 Å². The minimum absolute atomic E-state index is 0.00864. The first kappa shape index (κ1) is 20.7. The van der Waals surface area contributed by atoms with Gasteiger partial charge < -0.3 is 4.90 Å². The van der Waals surface area contributed by atoms with E-state index in [2.05, 4.69) is 4.99 Å². The zero-order chi connectivity index (χ0) is 20.8. The van der Waals surface area contributed by atoms with Crippen LogP contribution < -0.4 is 4.90 Å². The zero-order valence-electron chi connectivity index (χ0n) is 15.5. The number of fused-ring (bicyclic) bond motifs is 1. The Balaban J connectivity index is 1.67. The number of anilines is 1. The zero-order valence-corrected chi connectivity index (χ0v) is 18.7. The maximum Gasteiger partial charge on any atom is 0.252 e. The Labute approximate surface area is 184 Å². The minimum Gasteiger partial charge on any atom is -0.314 e. The summed E-state index contributed by atoms with van der Waals surface area (Å²) in [7, 11) is -3.14. The third-order valence-corrected chi connectivity index (χ3v) is 8.64. The number of aliphatic imine (C=N–C) groups is 1. The molecule has 0 spiro atoms. The van der Waals surface area contributed by atoms with Gasteiger partial charge in [-0.25, -0.2) is 8.42 Å². The molecule has 0 saturated carbocycles. The van der Waals surface area contributed by atoms with E-state index in [9.17, 15) is 13.2 Å². The molecule has 152 valence electrons. The van der Waals surface area contributed by atoms with Gasteiger partial charge in [0.15, 0.2) is 15.0 Å². The van der Waals surface area contributed by atoms with Crippen molar-refractivity contribution < 1.29 is 13.2 Å². The van der Waals surface area contributed by atoms with Gasteiger partial charge in [0.1, 0.15) is 0 Å². The quantitative estimate of drug-likeness (QED) is 0.676. The Morgan fingerprint density at radius 3 is 2.72 bits per heavy atom. The van der Waals surface area contributed by atoms with Crippen LogP contribution in [0.1, 0.15) is 11.1 Å². The molecule has 2 saturated heterocycles. The Hall–Kier alpha value is -1.54. The highest BCUT2D eigenvalue weighted by Gasteiger charge is 2.49. The number of thioether (sulfide) groups is 1. The third kappa shape index (κ3) is 4.48. The molecule has 2 atom stereocenters. The van der Waals surface area contributed by atoms with E-state index in [0.717, 1.165) is 11.1 Å². The highest BCUT2D eigenvalue weighted by molar-refractivity contribution is 8.16. The lowest BCUT2D eigenvalue weighted by Gasteiger charge is -2.25. The summed E-state index contributed by atoms with van der Waals surface area (Å²) in [6.07, 6.45) is 0.182. The number of hydrogen-bond acceptors (Lipinski definition) is 4. The first-order valence-electron chi connectivity index (χ1n) is 9.00. The predicted molar refractivity (Wildman–Crippen MR) is 120 cm³/mol. The van der Waals surface area contributed by atoms with E-state index in [1.165, 1.54) is 11.8 Å². The van der Waals surface area contributed by atoms with E-state index < -0.39 is 9.84 Å². The summed E-state index contributed by atoms with van der Waals surface area (Å²) in [5, 5.41) is 1.17. The molecule has 9 heteroatoms. The van der Waals surface area contributed by atoms with Gasteiger partial charge in [0.2, 0.25) is 0 Å². The van der Waals surface area contributed by atoms with Crippen molar-refractivity contribution in [1.82, 2.24) is 0 Å². The summed E-state index contributed by atoms with van der Waals surface area (Å²) in [6, 6.07) is 12.4. The summed E-state index contributed by atoms with van der Waals surface area (Å²) >= 11 is 13.7. The molecule has 1 amide bonds. The summed E-state index contributed by atoms with van der Waals surface area (Å²) in [5.74, 6) is -0.208. The topological polar surface area (TPSA) is 66.8 Å². The van der Waals surface area contributed by atoms with Gasteiger partial charge in [0, 0.05) is 10.3 Å². The van der Waals surface area contributed by atoms with Crippen molar-refractivity contribution in [1.29, 1.82) is 0 Å². The van der Waals surface area contributed by atoms with Crippen LogP contribution in [0.25, 0.3) is 0 Å². The van der Waals surface area contributed by atoms with Crippen molar-refractivity contribution in [3.8, 4) is 0 Å². The van der Waals surface area contributed by atoms with E-state index in [1.54, 1.807) is 23.1 Å². The number of rotatable bonds is 3. The number of halogens is 2. The summed E-state index contributed by atoms with van der Waals surface area (Å²) in [4.78, 5) is 18.8. The molecule has 2 aromatic rings. The van der Waals surface area contributed by atoms with Gasteiger partial charge in [-0.05, 0) is 30.7 Å². The largest absolute Gasteiger partial charge is 0.314 e. The molecule has 2 aliphatic heterocycles. The summed E-state index contributed by atoms with van der Waals surface area (Å²) in [5.41, 5.74) is 2.57. The average molecular weight is 469 g/mol. The molecule has 0 unspecified atom stereocenters. The SMILES string of the molecule is Cc1cccc(CC(=O)N=C2S[C@@H]3CS(=O)(=O)C[C@@H]3N2c2ccc(Cl)cc2Cl)c1. The highest BCUT2D eigenvalue weighted by atomic mass is 35.5. The fraction of sp³-hybridized carbons (Fsp3) is 0.300. The van der Waals surface area contributed by atoms with Crippen LogP contribution in [0.3, 0.4) is 0 Å². The Kier molecular flexibility index (Phi) is 5.68. The second-order valence-electron chi connectivity index (χ2n) is 7.22. The van der Waals surface area contributed by atoms with Gasteiger partial charge in [-0.2, -0.15) is 4.99 Å². The fourth-order valence-electron chi connectivity index (χ4n) is 3.67. The highest BCUT2D eigenvalue weighted by Crippen LogP contribution is 2.43. The number of aryl methyl sites for hydroxylation is 1. The molecule has 0 bridgehead atoms. The van der Waals surface area contributed by atoms with E-state index >= 15 is 0 Å². The Morgan fingerprint density at radius 2 is 2.00 bits per heavy atom. The molecule has 2 aromatic carbocycles. The third-order valence-electron chi connectivity index (χ3n) is 4.89. The summed E-state index contributed by atoms with van der Waals surface area (Å²) < 4.78 is 24.3. The second-order valence-corrected chi connectivity index (χ2v) is 11.4. The maximum atomic E-state index is 12.6. The molecular formula is C20H18Cl2N2O3S2. The lowest BCUT2D eigenvalue weighted by atomic mass is 10.1. The van der Waals surface area contributed by atoms with Crippen molar-refractivity contribution >= 4 is 61.6 Å². The van der Waals surface area contributed by atoms with Gasteiger partial charge in [0.25, 0.3) is 5.91 Å². The molecular weight excluding hydrogens is 451 g/mol. The molecule has 29 heavy (non-hydrogen) atoms. The van der Waals surface area contributed by atoms with Crippen LogP contribution >= 0.6 is 35.0 Å². The van der Waals surface area contributed by atoms with Crippen molar-refractivity contribution in [2.24, 2.45) is 4.99 Å². The standard InChI is InChI=1S/C20H18Cl2N2O3S2/c1-12-3-2-4-13(7-12)8-19(25)23-20-24(16-6-5-14(21)9-15(16)22)17-10-29(26,27)11-18(17)28-20/h2-7,9,17-18H,8,10-11H2,1H3/t17-,18+/m0/s1. The van der Waals surface area contributed by atoms with Crippen LogP contribution in [0.2, 0.25) is 10.0 Å². The molecule has 0 aromatic heterocycles. The van der Waals surface area contributed by atoms with Crippen molar-refractivity contribution in [3.05, 3.63) is 63.6 Å². The van der Waals surface area contributed by atoms with Crippen LogP contribution in [0.5, 0.6) is 0 Å². The first-order valence-corrected chi connectivity index (χ1v) is 12.5. The number of sulfone groups is 1. The first-order chi connectivity index (χ1) is 13.7. The van der Waals surface area contributed by atoms with Crippen molar-refractivity contribution in [2.45, 2.75) is 24.6 Å². The van der Waals surface area contributed by atoms with Crippen LogP contribution in [0.4, 0.5) is 5.69 Å². The van der Waals surface area contributed by atoms with Gasteiger partial charge in [-0.1, -0.05) is 64.8 Å². The van der Waals surface area contributed by atoms with E-state index in [1.807, 2.05) is 31.2 Å². The monoisotopic (exact) mass is 468 g/mol. The lowest BCUT2D eigenvalue weighted by Crippen LogP contribution is -2.38. The average Bonchev–Trinajstić information content (AvgIpc) is 3.06. The number of amides is 1. The summed E-state index contributed by atoms with van der Waals surface area (Å²) in [6.45, 7) is 1.97. The molecule has 2 aliphatic rings. The van der Waals surface area contributed by atoms with Crippen LogP contribution in [0, 0.1) is 6.92 Å². The molecule has 0 N–H and O–H groups in total. The number of carbonyl (C=O) groups is 1. The normalized spacial score (nSPS) is 24.1. The number of benzene rings is 2. The van der Waals surface area contributed by atoms with Gasteiger partial charge >= 0.3 is 0 Å². The fourth-order valence-corrected chi connectivity index (χ4v) is 8.09. The molecule has 0 radical (unpaired) electrons. The molecule has 5 nitrogen and oxygen atoms in total. The number of carbonyl (C=O) groups excluding carboxylic acids is 1. The van der Waals surface area contributed by atoms with Gasteiger partial charge in [-0.3, -0.25) is 4.79 Å². The molecule has 2 fully saturated rings. The number of hydrogen-bond donors (Lipinski definition) is 0. The Morgan fingerprint density at radius 1 is 1.21 bits per heavy atom. The number of nitrogens with zero attached hydrogens (tertiary/aromatic N) is 2. The van der Waals surface area contributed by atoms with E-state index in [4.69, 9.17) is 23.2 Å². The molecule has 0 aliphatic carbocycles. The van der Waals surface area contributed by atoms with Crippen LogP contribution in [-0.2, 0) is 21.1 Å². The molecule has 2 heterocycles. The minimum atomic E-state index is -3.14. The Bertz CT molecular complexity index is 1120. The molecule has 4 rings (SSSR count). The second kappa shape index (κ2) is 7.95. The van der Waals surface area contributed by atoms with Crippen molar-refractivity contribution in [3.63, 3.8) is 0 Å². The van der Waals surface area contributed by atoms with Crippen LogP contribution in [-0.4, -0.2) is 42.3 Å². The van der Waals surface area contributed by atoms with Gasteiger partial charge in [-0.15, -0.1) is 0 Å². The van der Waals surface area contributed by atoms with Gasteiger partial charge in [0.05, 0.1) is 34.7 Å². The van der Waals surface area contributed by atoms with E-state index in [0.29, 0.717) is 20.9 Å². The lowest BCUT2D eigenvalue weighted by molar-refractivity contribution is -0.117. The van der Waals surface area contributed by atoms with E-state index in [-0.39, 0.29) is 35.1 Å². The smallest absolute Gasteiger partial charge is 0.252 e. The number of amidine groups is 1. The maximum absolute atomic E-state index is 12.6. The predicted octanol–water partition coefficient (Wildman–Crippen LogP) is 4.15. The van der Waals surface area contributed by atoms with Crippen molar-refractivity contribution in [2.75, 3.05) is 16.4 Å².